The Balaban J connectivity index is 1.48. The smallest absolute Gasteiger partial charge is 0.303 e. The number of carbonyl (C=O) groups excluding carboxylic acids is 4. The Kier molecular flexibility index (Phi) is 7.34. The Morgan fingerprint density at radius 1 is 1.07 bits per heavy atom. The van der Waals surface area contributed by atoms with Gasteiger partial charge >= 0.3 is 5.97 Å². The molecule has 2 aliphatic heterocycles. The standard InChI is InChI=1S/C32H31IN2O8/c1-32-21(29(40)35(31(32)42)17-7-4-3-5-8-17)15-20-18(26(32)16-13-22(33)27(38)23(14-16)43-2)10-11-19-25(20)30(41)34(28(19)39)12-6-9-24(36)37/h3-5,7-8,10,13-14,19-21,25-26,38H,6,9,11-12,15H2,1-2H3,(H,36,37). The Morgan fingerprint density at radius 2 is 1.79 bits per heavy atom. The lowest BCUT2D eigenvalue weighted by molar-refractivity contribution is -0.142. The number of amides is 4. The number of carboxylic acids is 1. The lowest BCUT2D eigenvalue weighted by atomic mass is 9.51. The molecule has 2 heterocycles. The zero-order valence-electron chi connectivity index (χ0n) is 23.7. The Hall–Kier alpha value is -3.74. The van der Waals surface area contributed by atoms with E-state index in [1.54, 1.807) is 49.4 Å². The van der Waals surface area contributed by atoms with Gasteiger partial charge in [0.05, 0.1) is 39.5 Å². The molecule has 0 spiro atoms. The summed E-state index contributed by atoms with van der Waals surface area (Å²) in [6, 6.07) is 12.2. The largest absolute Gasteiger partial charge is 0.504 e. The minimum Gasteiger partial charge on any atom is -0.504 e. The average molecular weight is 699 g/mol. The van der Waals surface area contributed by atoms with E-state index in [1.807, 2.05) is 28.7 Å². The second-order valence-electron chi connectivity index (χ2n) is 11.9. The first-order valence-electron chi connectivity index (χ1n) is 14.3. The first kappa shape index (κ1) is 29.3. The highest BCUT2D eigenvalue weighted by atomic mass is 127. The summed E-state index contributed by atoms with van der Waals surface area (Å²) in [6.07, 6.45) is 2.48. The fourth-order valence-electron chi connectivity index (χ4n) is 7.81. The number of anilines is 1. The minimum atomic E-state index is -1.21. The average Bonchev–Trinajstić information content (AvgIpc) is 3.34. The number of phenolic OH excluding ortho intramolecular Hbond substituents is 1. The molecule has 0 aromatic heterocycles. The van der Waals surface area contributed by atoms with Gasteiger partial charge in [-0.3, -0.25) is 28.9 Å². The summed E-state index contributed by atoms with van der Waals surface area (Å²) in [5.74, 6) is -5.37. The molecule has 43 heavy (non-hydrogen) atoms. The molecule has 1 saturated carbocycles. The topological polar surface area (TPSA) is 142 Å². The molecule has 2 saturated heterocycles. The van der Waals surface area contributed by atoms with Crippen LogP contribution in [-0.4, -0.2) is 58.4 Å². The molecule has 3 fully saturated rings. The van der Waals surface area contributed by atoms with Gasteiger partial charge in [-0.2, -0.15) is 0 Å². The van der Waals surface area contributed by atoms with Crippen molar-refractivity contribution in [2.75, 3.05) is 18.6 Å². The van der Waals surface area contributed by atoms with E-state index >= 15 is 0 Å². The molecule has 2 N–H and O–H groups in total. The summed E-state index contributed by atoms with van der Waals surface area (Å²) in [4.78, 5) is 69.3. The number of aliphatic carboxylic acids is 1. The summed E-state index contributed by atoms with van der Waals surface area (Å²) in [5.41, 5.74) is 0.761. The molecular formula is C32H31IN2O8. The van der Waals surface area contributed by atoms with E-state index in [-0.39, 0.29) is 60.9 Å². The van der Waals surface area contributed by atoms with Crippen LogP contribution in [0.4, 0.5) is 5.69 Å². The van der Waals surface area contributed by atoms with Gasteiger partial charge in [0, 0.05) is 18.9 Å². The molecule has 2 aromatic carbocycles. The summed E-state index contributed by atoms with van der Waals surface area (Å²) in [6.45, 7) is 1.83. The second-order valence-corrected chi connectivity index (χ2v) is 13.0. The fourth-order valence-corrected chi connectivity index (χ4v) is 8.43. The monoisotopic (exact) mass is 698 g/mol. The van der Waals surface area contributed by atoms with Crippen molar-refractivity contribution in [1.29, 1.82) is 0 Å². The number of carboxylic acid groups (broad SMARTS) is 1. The zero-order chi connectivity index (χ0) is 30.8. The van der Waals surface area contributed by atoms with Gasteiger partial charge < -0.3 is 14.9 Å². The number of para-hydroxylation sites is 1. The number of likely N-dealkylation sites (tertiary alicyclic amines) is 1. The number of hydrogen-bond acceptors (Lipinski definition) is 7. The molecule has 224 valence electrons. The van der Waals surface area contributed by atoms with Crippen molar-refractivity contribution < 1.29 is 38.9 Å². The Bertz CT molecular complexity index is 1590. The van der Waals surface area contributed by atoms with Crippen LogP contribution in [-0.2, 0) is 24.0 Å². The van der Waals surface area contributed by atoms with Gasteiger partial charge in [-0.1, -0.05) is 29.8 Å². The summed E-state index contributed by atoms with van der Waals surface area (Å²) in [5, 5.41) is 19.7. The van der Waals surface area contributed by atoms with Crippen LogP contribution in [0.5, 0.6) is 11.5 Å². The van der Waals surface area contributed by atoms with Crippen LogP contribution in [0.15, 0.2) is 54.1 Å². The lowest BCUT2D eigenvalue weighted by Crippen LogP contribution is -2.48. The number of aromatic hydroxyl groups is 1. The van der Waals surface area contributed by atoms with Gasteiger partial charge in [0.15, 0.2) is 11.5 Å². The normalized spacial score (nSPS) is 29.7. The number of phenols is 1. The number of imide groups is 2. The summed E-state index contributed by atoms with van der Waals surface area (Å²) >= 11 is 2.00. The van der Waals surface area contributed by atoms with E-state index in [9.17, 15) is 29.1 Å². The minimum absolute atomic E-state index is 0.0240. The molecule has 6 atom stereocenters. The van der Waals surface area contributed by atoms with Crippen molar-refractivity contribution in [3.63, 3.8) is 0 Å². The summed E-state index contributed by atoms with van der Waals surface area (Å²) in [7, 11) is 1.44. The molecule has 2 aromatic rings. The van der Waals surface area contributed by atoms with E-state index in [4.69, 9.17) is 9.84 Å². The van der Waals surface area contributed by atoms with Gasteiger partial charge in [-0.15, -0.1) is 0 Å². The van der Waals surface area contributed by atoms with Crippen LogP contribution in [0.2, 0.25) is 0 Å². The predicted molar refractivity (Wildman–Crippen MR) is 162 cm³/mol. The van der Waals surface area contributed by atoms with Crippen molar-refractivity contribution in [2.45, 2.75) is 38.5 Å². The van der Waals surface area contributed by atoms with Crippen LogP contribution in [0.1, 0.15) is 44.1 Å². The van der Waals surface area contributed by atoms with Crippen LogP contribution < -0.4 is 9.64 Å². The Morgan fingerprint density at radius 3 is 2.47 bits per heavy atom. The molecular weight excluding hydrogens is 667 g/mol. The number of fused-ring (bicyclic) bond motifs is 4. The highest BCUT2D eigenvalue weighted by Crippen LogP contribution is 2.64. The predicted octanol–water partition coefficient (Wildman–Crippen LogP) is 4.10. The third kappa shape index (κ3) is 4.37. The molecule has 6 rings (SSSR count). The highest BCUT2D eigenvalue weighted by molar-refractivity contribution is 14.1. The number of nitrogens with zero attached hydrogens (tertiary/aromatic N) is 2. The van der Waals surface area contributed by atoms with Gasteiger partial charge in [-0.25, -0.2) is 4.90 Å². The molecule has 4 aliphatic rings. The van der Waals surface area contributed by atoms with Crippen molar-refractivity contribution in [3.8, 4) is 11.5 Å². The third-order valence-electron chi connectivity index (χ3n) is 9.76. The lowest BCUT2D eigenvalue weighted by Gasteiger charge is -2.49. The van der Waals surface area contributed by atoms with E-state index in [2.05, 4.69) is 0 Å². The van der Waals surface area contributed by atoms with Crippen molar-refractivity contribution in [3.05, 3.63) is 63.2 Å². The molecule has 4 amide bonds. The summed E-state index contributed by atoms with van der Waals surface area (Å²) < 4.78 is 5.97. The molecule has 0 bridgehead atoms. The molecule has 6 unspecified atom stereocenters. The maximum atomic E-state index is 14.4. The number of carbonyl (C=O) groups is 5. The van der Waals surface area contributed by atoms with Gasteiger partial charge in [0.2, 0.25) is 23.6 Å². The second kappa shape index (κ2) is 10.8. The third-order valence-corrected chi connectivity index (χ3v) is 10.6. The number of methoxy groups -OCH3 is 1. The van der Waals surface area contributed by atoms with Crippen LogP contribution in [0, 0.1) is 32.7 Å². The maximum absolute atomic E-state index is 14.4. The molecule has 2 aliphatic carbocycles. The first-order chi connectivity index (χ1) is 20.5. The number of benzene rings is 2. The molecule has 0 radical (unpaired) electrons. The Labute approximate surface area is 261 Å². The van der Waals surface area contributed by atoms with Crippen molar-refractivity contribution in [2.24, 2.45) is 29.1 Å². The van der Waals surface area contributed by atoms with E-state index in [0.717, 1.165) is 5.57 Å². The van der Waals surface area contributed by atoms with Crippen LogP contribution in [0.3, 0.4) is 0 Å². The van der Waals surface area contributed by atoms with Gasteiger partial charge in [-0.05, 0) is 84.5 Å². The molecule has 10 nitrogen and oxygen atoms in total. The van der Waals surface area contributed by atoms with E-state index in [0.29, 0.717) is 21.2 Å². The van der Waals surface area contributed by atoms with Crippen molar-refractivity contribution in [1.82, 2.24) is 4.90 Å². The number of halogens is 1. The highest BCUT2D eigenvalue weighted by Gasteiger charge is 2.67. The van der Waals surface area contributed by atoms with Gasteiger partial charge in [0.1, 0.15) is 0 Å². The van der Waals surface area contributed by atoms with Gasteiger partial charge in [0.25, 0.3) is 0 Å². The van der Waals surface area contributed by atoms with Crippen molar-refractivity contribution >= 4 is 57.9 Å². The number of hydrogen-bond donors (Lipinski definition) is 2. The van der Waals surface area contributed by atoms with E-state index in [1.165, 1.54) is 16.9 Å². The zero-order valence-corrected chi connectivity index (χ0v) is 25.8. The fraction of sp³-hybridized carbons (Fsp3) is 0.406. The number of allylic oxidation sites excluding steroid dienone is 2. The molecule has 11 heteroatoms. The number of ether oxygens (including phenoxy) is 1. The maximum Gasteiger partial charge on any atom is 0.303 e. The first-order valence-corrected chi connectivity index (χ1v) is 15.3. The quantitative estimate of drug-likeness (QED) is 0.250. The van der Waals surface area contributed by atoms with Crippen LogP contribution >= 0.6 is 22.6 Å². The van der Waals surface area contributed by atoms with E-state index < -0.39 is 41.0 Å². The van der Waals surface area contributed by atoms with Crippen LogP contribution in [0.25, 0.3) is 0 Å². The number of rotatable bonds is 7. The SMILES string of the molecule is COc1cc(C2C3=CCC4C(=O)N(CCCC(=O)O)C(=O)C4C3CC3C(=O)N(c4ccccc4)C(=O)C32C)cc(I)c1O.